The van der Waals surface area contributed by atoms with E-state index in [2.05, 4.69) is 0 Å². The van der Waals surface area contributed by atoms with Crippen molar-refractivity contribution in [3.8, 4) is 5.75 Å². The van der Waals surface area contributed by atoms with E-state index in [1.165, 1.54) is 19.1 Å². The first-order chi connectivity index (χ1) is 8.58. The first-order valence-electron chi connectivity index (χ1n) is 6.23. The summed E-state index contributed by atoms with van der Waals surface area (Å²) in [5.41, 5.74) is 0.0616. The molecule has 4 heteroatoms. The van der Waals surface area contributed by atoms with Crippen molar-refractivity contribution in [3.63, 3.8) is 0 Å². The van der Waals surface area contributed by atoms with Gasteiger partial charge in [-0.25, -0.2) is 4.39 Å². The van der Waals surface area contributed by atoms with E-state index < -0.39 is 11.9 Å². The first kappa shape index (κ1) is 13.0. The number of aliphatic hydroxyl groups is 1. The minimum absolute atomic E-state index is 0.0616. The summed E-state index contributed by atoms with van der Waals surface area (Å²) in [4.78, 5) is 11.1. The van der Waals surface area contributed by atoms with Crippen LogP contribution in [0.3, 0.4) is 0 Å². The number of rotatable bonds is 3. The highest BCUT2D eigenvalue weighted by Crippen LogP contribution is 2.25. The van der Waals surface area contributed by atoms with Gasteiger partial charge >= 0.3 is 0 Å². The van der Waals surface area contributed by atoms with E-state index in [0.717, 1.165) is 25.7 Å². The van der Waals surface area contributed by atoms with Crippen molar-refractivity contribution in [1.29, 1.82) is 0 Å². The zero-order valence-corrected chi connectivity index (χ0v) is 10.4. The second-order valence-electron chi connectivity index (χ2n) is 4.71. The topological polar surface area (TPSA) is 46.5 Å². The van der Waals surface area contributed by atoms with Crippen molar-refractivity contribution in [2.45, 2.75) is 44.8 Å². The molecule has 1 aromatic rings. The Balaban J connectivity index is 2.10. The van der Waals surface area contributed by atoms with E-state index in [9.17, 15) is 14.3 Å². The van der Waals surface area contributed by atoms with E-state index in [1.54, 1.807) is 6.07 Å². The quantitative estimate of drug-likeness (QED) is 0.841. The third-order valence-electron chi connectivity index (χ3n) is 3.27. The van der Waals surface area contributed by atoms with Gasteiger partial charge in [0.25, 0.3) is 0 Å². The van der Waals surface area contributed by atoms with Gasteiger partial charge in [0, 0.05) is 6.07 Å². The summed E-state index contributed by atoms with van der Waals surface area (Å²) in [6.45, 7) is 1.32. The van der Waals surface area contributed by atoms with Crippen LogP contribution < -0.4 is 4.74 Å². The van der Waals surface area contributed by atoms with E-state index in [1.807, 2.05) is 0 Å². The molecule has 1 fully saturated rings. The largest absolute Gasteiger partial charge is 0.488 e. The van der Waals surface area contributed by atoms with Crippen molar-refractivity contribution in [2.24, 2.45) is 0 Å². The Morgan fingerprint density at radius 3 is 2.72 bits per heavy atom. The predicted octanol–water partition coefficient (Wildman–Crippen LogP) is 2.71. The molecule has 0 amide bonds. The van der Waals surface area contributed by atoms with Gasteiger partial charge in [0.15, 0.2) is 5.78 Å². The fourth-order valence-electron chi connectivity index (χ4n) is 2.24. The second-order valence-corrected chi connectivity index (χ2v) is 4.71. The maximum atomic E-state index is 13.6. The number of ether oxygens (including phenoxy) is 1. The van der Waals surface area contributed by atoms with Crippen LogP contribution in [0.15, 0.2) is 18.2 Å². The Hall–Kier alpha value is -1.42. The Bertz CT molecular complexity index is 445. The Labute approximate surface area is 106 Å². The van der Waals surface area contributed by atoms with Crippen LogP contribution in [-0.4, -0.2) is 23.1 Å². The summed E-state index contributed by atoms with van der Waals surface area (Å²) in [7, 11) is 0. The van der Waals surface area contributed by atoms with Gasteiger partial charge in [0.2, 0.25) is 0 Å². The third-order valence-corrected chi connectivity index (χ3v) is 3.27. The van der Waals surface area contributed by atoms with Crippen LogP contribution in [0.5, 0.6) is 5.75 Å². The van der Waals surface area contributed by atoms with Crippen molar-refractivity contribution in [1.82, 2.24) is 0 Å². The molecular formula is C14H17FO3. The van der Waals surface area contributed by atoms with Crippen molar-refractivity contribution in [2.75, 3.05) is 0 Å². The smallest absolute Gasteiger partial charge is 0.162 e. The number of ketones is 1. The molecular weight excluding hydrogens is 235 g/mol. The van der Waals surface area contributed by atoms with E-state index in [-0.39, 0.29) is 17.5 Å². The monoisotopic (exact) mass is 252 g/mol. The average Bonchev–Trinajstić information content (AvgIpc) is 2.32. The molecule has 0 aliphatic heterocycles. The zero-order chi connectivity index (χ0) is 13.1. The normalized spacial score (nSPS) is 23.7. The Kier molecular flexibility index (Phi) is 3.97. The second kappa shape index (κ2) is 5.48. The summed E-state index contributed by atoms with van der Waals surface area (Å²) < 4.78 is 19.2. The number of hydrogen-bond acceptors (Lipinski definition) is 3. The lowest BCUT2D eigenvalue weighted by atomic mass is 9.95. The summed E-state index contributed by atoms with van der Waals surface area (Å²) in [5, 5.41) is 9.77. The minimum atomic E-state index is -0.578. The third kappa shape index (κ3) is 2.88. The van der Waals surface area contributed by atoms with Crippen molar-refractivity contribution in [3.05, 3.63) is 29.6 Å². The Morgan fingerprint density at radius 1 is 1.39 bits per heavy atom. The fourth-order valence-corrected chi connectivity index (χ4v) is 2.24. The maximum absolute atomic E-state index is 13.6. The molecule has 3 nitrogen and oxygen atoms in total. The van der Waals surface area contributed by atoms with Crippen LogP contribution in [0, 0.1) is 5.82 Å². The molecule has 0 spiro atoms. The number of aliphatic hydroxyl groups excluding tert-OH is 1. The molecule has 18 heavy (non-hydrogen) atoms. The van der Waals surface area contributed by atoms with Gasteiger partial charge in [-0.15, -0.1) is 0 Å². The molecule has 2 rings (SSSR count). The molecule has 1 N–H and O–H groups in total. The molecule has 98 valence electrons. The molecule has 0 saturated heterocycles. The van der Waals surface area contributed by atoms with E-state index >= 15 is 0 Å². The molecule has 1 aliphatic rings. The predicted molar refractivity (Wildman–Crippen MR) is 65.3 cm³/mol. The molecule has 0 bridgehead atoms. The highest BCUT2D eigenvalue weighted by atomic mass is 19.1. The molecule has 2 unspecified atom stereocenters. The van der Waals surface area contributed by atoms with E-state index in [4.69, 9.17) is 4.74 Å². The molecule has 0 heterocycles. The minimum Gasteiger partial charge on any atom is -0.488 e. The van der Waals surface area contributed by atoms with Crippen LogP contribution in [0.4, 0.5) is 4.39 Å². The Morgan fingerprint density at radius 2 is 2.11 bits per heavy atom. The van der Waals surface area contributed by atoms with Gasteiger partial charge in [0.1, 0.15) is 17.7 Å². The molecule has 2 atom stereocenters. The van der Waals surface area contributed by atoms with Crippen LogP contribution >= 0.6 is 0 Å². The SMILES string of the molecule is CC(=O)c1ccc(OC2CCCCC2O)cc1F. The highest BCUT2D eigenvalue weighted by molar-refractivity contribution is 5.94. The number of carbonyl (C=O) groups excluding carboxylic acids is 1. The zero-order valence-electron chi connectivity index (χ0n) is 10.4. The lowest BCUT2D eigenvalue weighted by Gasteiger charge is -2.28. The lowest BCUT2D eigenvalue weighted by Crippen LogP contribution is -2.34. The fraction of sp³-hybridized carbons (Fsp3) is 0.500. The summed E-state index contributed by atoms with van der Waals surface area (Å²) in [6.07, 6.45) is 2.74. The van der Waals surface area contributed by atoms with E-state index in [0.29, 0.717) is 5.75 Å². The van der Waals surface area contributed by atoms with Crippen molar-refractivity contribution < 1.29 is 19.0 Å². The number of hydrogen-bond donors (Lipinski definition) is 1. The summed E-state index contributed by atoms with van der Waals surface area (Å²) in [5.74, 6) is -0.523. The van der Waals surface area contributed by atoms with Crippen LogP contribution in [0.2, 0.25) is 0 Å². The van der Waals surface area contributed by atoms with Crippen LogP contribution in [-0.2, 0) is 0 Å². The van der Waals surface area contributed by atoms with Gasteiger partial charge in [-0.1, -0.05) is 6.42 Å². The number of halogens is 1. The van der Waals surface area contributed by atoms with Crippen molar-refractivity contribution >= 4 is 5.78 Å². The average molecular weight is 252 g/mol. The lowest BCUT2D eigenvalue weighted by molar-refractivity contribution is 0.00671. The number of benzene rings is 1. The van der Waals surface area contributed by atoms with Gasteiger partial charge in [-0.05, 0) is 38.3 Å². The van der Waals surface area contributed by atoms with Gasteiger partial charge in [-0.3, -0.25) is 4.79 Å². The molecule has 0 aromatic heterocycles. The molecule has 1 saturated carbocycles. The maximum Gasteiger partial charge on any atom is 0.162 e. The summed E-state index contributed by atoms with van der Waals surface area (Å²) in [6, 6.07) is 4.20. The summed E-state index contributed by atoms with van der Waals surface area (Å²) >= 11 is 0. The van der Waals surface area contributed by atoms with Gasteiger partial charge in [-0.2, -0.15) is 0 Å². The first-order valence-corrected chi connectivity index (χ1v) is 6.23. The number of Topliss-reactive ketones (excluding diaryl/α,β-unsaturated/α-hetero) is 1. The number of carbonyl (C=O) groups is 1. The van der Waals surface area contributed by atoms with Gasteiger partial charge < -0.3 is 9.84 Å². The van der Waals surface area contributed by atoms with Crippen LogP contribution in [0.25, 0.3) is 0 Å². The van der Waals surface area contributed by atoms with Gasteiger partial charge in [0.05, 0.1) is 11.7 Å². The molecule has 1 aliphatic carbocycles. The van der Waals surface area contributed by atoms with Crippen LogP contribution in [0.1, 0.15) is 43.0 Å². The highest BCUT2D eigenvalue weighted by Gasteiger charge is 2.24. The molecule has 1 aromatic carbocycles. The molecule has 0 radical (unpaired) electrons. The standard InChI is InChI=1S/C14H17FO3/c1-9(16)11-7-6-10(8-12(11)15)18-14-5-3-2-4-13(14)17/h6-8,13-14,17H,2-5H2,1H3.